The average molecular weight is 306 g/mol. The quantitative estimate of drug-likeness (QED) is 0.507. The van der Waals surface area contributed by atoms with Crippen molar-refractivity contribution in [3.8, 4) is 5.75 Å². The van der Waals surface area contributed by atoms with Gasteiger partial charge in [0.1, 0.15) is 11.6 Å². The number of hydrogen-bond donors (Lipinski definition) is 0. The molecule has 0 aliphatic heterocycles. The summed E-state index contributed by atoms with van der Waals surface area (Å²) in [7, 11) is 1.46. The van der Waals surface area contributed by atoms with Gasteiger partial charge in [-0.05, 0) is 34.5 Å². The maximum atomic E-state index is 13.9. The first-order valence-electron chi connectivity index (χ1n) is 7.23. The van der Waals surface area contributed by atoms with Crippen LogP contribution in [0.2, 0.25) is 0 Å². The molecule has 23 heavy (non-hydrogen) atoms. The minimum atomic E-state index is -0.586. The van der Waals surface area contributed by atoms with E-state index in [0.717, 1.165) is 16.3 Å². The van der Waals surface area contributed by atoms with Gasteiger partial charge in [-0.15, -0.1) is 0 Å². The lowest BCUT2D eigenvalue weighted by molar-refractivity contribution is 0.104. The molecule has 0 aromatic heterocycles. The van der Waals surface area contributed by atoms with Crippen LogP contribution in [0.1, 0.15) is 15.9 Å². The van der Waals surface area contributed by atoms with E-state index in [0.29, 0.717) is 5.75 Å². The van der Waals surface area contributed by atoms with Crippen molar-refractivity contribution in [1.82, 2.24) is 0 Å². The minimum absolute atomic E-state index is 0.0299. The van der Waals surface area contributed by atoms with Gasteiger partial charge in [-0.25, -0.2) is 4.39 Å². The monoisotopic (exact) mass is 306 g/mol. The van der Waals surface area contributed by atoms with E-state index in [1.807, 2.05) is 42.5 Å². The molecule has 114 valence electrons. The zero-order valence-electron chi connectivity index (χ0n) is 12.6. The Bertz CT molecular complexity index is 892. The molecular formula is C20H15FO2. The standard InChI is InChI=1S/C20H15FO2/c1-23-16-10-11-18(19(21)13-16)20(22)12-9-15-7-4-6-14-5-2-3-8-17(14)15/h2-13H,1H3. The Kier molecular flexibility index (Phi) is 4.20. The van der Waals surface area contributed by atoms with Crippen molar-refractivity contribution in [2.24, 2.45) is 0 Å². The van der Waals surface area contributed by atoms with Gasteiger partial charge in [0.2, 0.25) is 0 Å². The van der Waals surface area contributed by atoms with Crippen LogP contribution in [0.4, 0.5) is 4.39 Å². The fraction of sp³-hybridized carbons (Fsp3) is 0.0500. The van der Waals surface area contributed by atoms with Crippen LogP contribution in [-0.2, 0) is 0 Å². The van der Waals surface area contributed by atoms with Crippen molar-refractivity contribution in [3.63, 3.8) is 0 Å². The maximum absolute atomic E-state index is 13.9. The highest BCUT2D eigenvalue weighted by molar-refractivity contribution is 6.08. The Hall–Kier alpha value is -2.94. The van der Waals surface area contributed by atoms with E-state index in [1.54, 1.807) is 12.1 Å². The van der Waals surface area contributed by atoms with Crippen molar-refractivity contribution < 1.29 is 13.9 Å². The summed E-state index contributed by atoms with van der Waals surface area (Å²) >= 11 is 0. The summed E-state index contributed by atoms with van der Waals surface area (Å²) in [5, 5.41) is 2.15. The third-order valence-electron chi connectivity index (χ3n) is 3.68. The highest BCUT2D eigenvalue weighted by Gasteiger charge is 2.10. The van der Waals surface area contributed by atoms with E-state index < -0.39 is 5.82 Å². The lowest BCUT2D eigenvalue weighted by atomic mass is 10.0. The number of ether oxygens (including phenoxy) is 1. The van der Waals surface area contributed by atoms with Gasteiger partial charge in [0, 0.05) is 6.07 Å². The topological polar surface area (TPSA) is 26.3 Å². The largest absolute Gasteiger partial charge is 0.497 e. The van der Waals surface area contributed by atoms with Gasteiger partial charge in [-0.3, -0.25) is 4.79 Å². The summed E-state index contributed by atoms with van der Waals surface area (Å²) in [5.41, 5.74) is 0.952. The molecule has 0 N–H and O–H groups in total. The van der Waals surface area contributed by atoms with Gasteiger partial charge in [-0.1, -0.05) is 48.5 Å². The number of ketones is 1. The van der Waals surface area contributed by atoms with Crippen LogP contribution in [0.25, 0.3) is 16.8 Å². The Morgan fingerprint density at radius 1 is 1.04 bits per heavy atom. The Balaban J connectivity index is 1.91. The van der Waals surface area contributed by atoms with Crippen molar-refractivity contribution in [2.75, 3.05) is 7.11 Å². The number of carbonyl (C=O) groups is 1. The third kappa shape index (κ3) is 3.14. The molecule has 0 aliphatic carbocycles. The van der Waals surface area contributed by atoms with Crippen LogP contribution in [0.5, 0.6) is 5.75 Å². The lowest BCUT2D eigenvalue weighted by Crippen LogP contribution is -1.99. The SMILES string of the molecule is COc1ccc(C(=O)C=Cc2cccc3ccccc23)c(F)c1. The Morgan fingerprint density at radius 3 is 2.61 bits per heavy atom. The minimum Gasteiger partial charge on any atom is -0.497 e. The van der Waals surface area contributed by atoms with Crippen LogP contribution in [0.3, 0.4) is 0 Å². The number of carbonyl (C=O) groups excluding carboxylic acids is 1. The molecule has 3 aromatic rings. The van der Waals surface area contributed by atoms with Crippen LogP contribution in [-0.4, -0.2) is 12.9 Å². The van der Waals surface area contributed by atoms with Crippen molar-refractivity contribution in [1.29, 1.82) is 0 Å². The third-order valence-corrected chi connectivity index (χ3v) is 3.68. The van der Waals surface area contributed by atoms with E-state index in [2.05, 4.69) is 0 Å². The number of allylic oxidation sites excluding steroid dienone is 1. The van der Waals surface area contributed by atoms with E-state index >= 15 is 0 Å². The van der Waals surface area contributed by atoms with E-state index in [9.17, 15) is 9.18 Å². The van der Waals surface area contributed by atoms with Crippen molar-refractivity contribution in [2.45, 2.75) is 0 Å². The average Bonchev–Trinajstić information content (AvgIpc) is 2.59. The predicted octanol–water partition coefficient (Wildman–Crippen LogP) is 4.88. The molecule has 0 saturated heterocycles. The molecule has 0 spiro atoms. The first-order valence-corrected chi connectivity index (χ1v) is 7.23. The van der Waals surface area contributed by atoms with Crippen molar-refractivity contribution in [3.05, 3.63) is 83.7 Å². The van der Waals surface area contributed by atoms with E-state index in [4.69, 9.17) is 4.74 Å². The van der Waals surface area contributed by atoms with Gasteiger partial charge in [0.25, 0.3) is 0 Å². The van der Waals surface area contributed by atoms with Gasteiger partial charge >= 0.3 is 0 Å². The summed E-state index contributed by atoms with van der Waals surface area (Å²) in [6, 6.07) is 18.0. The molecule has 0 heterocycles. The highest BCUT2D eigenvalue weighted by Crippen LogP contribution is 2.21. The van der Waals surface area contributed by atoms with Crippen LogP contribution in [0, 0.1) is 5.82 Å². The summed E-state index contributed by atoms with van der Waals surface area (Å²) < 4.78 is 18.9. The second-order valence-electron chi connectivity index (χ2n) is 5.11. The zero-order chi connectivity index (χ0) is 16.2. The zero-order valence-corrected chi connectivity index (χ0v) is 12.6. The smallest absolute Gasteiger partial charge is 0.188 e. The first-order chi connectivity index (χ1) is 11.2. The maximum Gasteiger partial charge on any atom is 0.188 e. The number of hydrogen-bond acceptors (Lipinski definition) is 2. The van der Waals surface area contributed by atoms with Gasteiger partial charge in [0.05, 0.1) is 12.7 Å². The fourth-order valence-electron chi connectivity index (χ4n) is 2.47. The normalized spacial score (nSPS) is 11.0. The summed E-state index contributed by atoms with van der Waals surface area (Å²) in [5.74, 6) is -0.577. The summed E-state index contributed by atoms with van der Waals surface area (Å²) in [6.45, 7) is 0. The molecular weight excluding hydrogens is 291 g/mol. The van der Waals surface area contributed by atoms with Crippen LogP contribution >= 0.6 is 0 Å². The number of benzene rings is 3. The van der Waals surface area contributed by atoms with Gasteiger partial charge in [-0.2, -0.15) is 0 Å². The van der Waals surface area contributed by atoms with Gasteiger partial charge < -0.3 is 4.74 Å². The molecule has 0 amide bonds. The first kappa shape index (κ1) is 15.0. The van der Waals surface area contributed by atoms with Crippen molar-refractivity contribution >= 4 is 22.6 Å². The summed E-state index contributed by atoms with van der Waals surface area (Å²) in [4.78, 5) is 12.2. The second-order valence-corrected chi connectivity index (χ2v) is 5.11. The highest BCUT2D eigenvalue weighted by atomic mass is 19.1. The second kappa shape index (κ2) is 6.44. The number of fused-ring (bicyclic) bond motifs is 1. The molecule has 0 radical (unpaired) electrons. The molecule has 2 nitrogen and oxygen atoms in total. The number of halogens is 1. The molecule has 3 aromatic carbocycles. The number of rotatable bonds is 4. The van der Waals surface area contributed by atoms with E-state index in [-0.39, 0.29) is 11.3 Å². The molecule has 0 fully saturated rings. The fourth-order valence-corrected chi connectivity index (χ4v) is 2.47. The molecule has 0 aliphatic rings. The number of methoxy groups -OCH3 is 1. The molecule has 3 rings (SSSR count). The van der Waals surface area contributed by atoms with Crippen LogP contribution < -0.4 is 4.74 Å². The molecule has 3 heteroatoms. The van der Waals surface area contributed by atoms with Gasteiger partial charge in [0.15, 0.2) is 5.78 Å². The van der Waals surface area contributed by atoms with Crippen LogP contribution in [0.15, 0.2) is 66.7 Å². The Labute approximate surface area is 133 Å². The molecule has 0 atom stereocenters. The predicted molar refractivity (Wildman–Crippen MR) is 90.3 cm³/mol. The van der Waals surface area contributed by atoms with E-state index in [1.165, 1.54) is 25.3 Å². The lowest BCUT2D eigenvalue weighted by Gasteiger charge is -2.03. The summed E-state index contributed by atoms with van der Waals surface area (Å²) in [6.07, 6.45) is 3.11. The molecule has 0 unspecified atom stereocenters. The molecule has 0 bridgehead atoms. The Morgan fingerprint density at radius 2 is 1.83 bits per heavy atom. The molecule has 0 saturated carbocycles.